The van der Waals surface area contributed by atoms with Gasteiger partial charge in [-0.05, 0) is 37.7 Å². The molecule has 0 bridgehead atoms. The van der Waals surface area contributed by atoms with Crippen LogP contribution in [0, 0.1) is 0 Å². The smallest absolute Gasteiger partial charge is 0.475 e. The number of ether oxygens (including phenoxy) is 1. The zero-order valence-corrected chi connectivity index (χ0v) is 16.9. The number of nitrogens with zero attached hydrogens (tertiary/aromatic N) is 3. The number of hydrogen-bond acceptors (Lipinski definition) is 6. The lowest BCUT2D eigenvalue weighted by molar-refractivity contribution is -0.192. The van der Waals surface area contributed by atoms with Gasteiger partial charge >= 0.3 is 12.1 Å². The number of benzene rings is 1. The van der Waals surface area contributed by atoms with E-state index in [1.165, 1.54) is 0 Å². The van der Waals surface area contributed by atoms with Crippen LogP contribution in [0.1, 0.15) is 16.8 Å². The minimum Gasteiger partial charge on any atom is -0.475 e. The molecule has 3 N–H and O–H groups in total. The fourth-order valence-electron chi connectivity index (χ4n) is 2.97. The molecule has 4 rings (SSSR count). The summed E-state index contributed by atoms with van der Waals surface area (Å²) in [6.07, 6.45) is -0.658. The first kappa shape index (κ1) is 23.0. The van der Waals surface area contributed by atoms with Gasteiger partial charge in [0.15, 0.2) is 0 Å². The second-order valence-corrected chi connectivity index (χ2v) is 7.10. The lowest BCUT2D eigenvalue weighted by Crippen LogP contribution is -2.21. The first-order valence-corrected chi connectivity index (χ1v) is 9.47. The quantitative estimate of drug-likeness (QED) is 0.558. The monoisotopic (exact) mass is 451 g/mol. The zero-order chi connectivity index (χ0) is 23.3. The van der Waals surface area contributed by atoms with Crippen molar-refractivity contribution in [2.24, 2.45) is 0 Å². The van der Waals surface area contributed by atoms with Gasteiger partial charge in [-0.1, -0.05) is 0 Å². The molecular weight excluding hydrogens is 431 g/mol. The number of nitrogens with one attached hydrogen (secondary N) is 2. The fraction of sp³-hybridized carbons (Fsp3) is 0.300. The maximum absolute atomic E-state index is 12.4. The van der Waals surface area contributed by atoms with Crippen molar-refractivity contribution in [3.63, 3.8) is 0 Å². The number of aromatic nitrogens is 3. The molecule has 0 spiro atoms. The van der Waals surface area contributed by atoms with Crippen molar-refractivity contribution in [1.29, 1.82) is 0 Å². The first-order valence-electron chi connectivity index (χ1n) is 9.47. The number of H-pyrrole nitrogens is 1. The van der Waals surface area contributed by atoms with Crippen molar-refractivity contribution in [2.45, 2.75) is 18.7 Å². The highest BCUT2D eigenvalue weighted by atomic mass is 19.4. The molecular formula is C20H20F3N5O4. The Morgan fingerprint density at radius 2 is 2.00 bits per heavy atom. The molecule has 1 saturated heterocycles. The number of carboxylic acids is 1. The highest BCUT2D eigenvalue weighted by molar-refractivity contribution is 6.04. The van der Waals surface area contributed by atoms with Crippen LogP contribution in [0.5, 0.6) is 5.88 Å². The Labute approximate surface area is 180 Å². The largest absolute Gasteiger partial charge is 0.490 e. The average Bonchev–Trinajstić information content (AvgIpc) is 3.36. The number of halogens is 3. The number of carbonyl (C=O) groups excluding carboxylic acids is 1. The van der Waals surface area contributed by atoms with Crippen LogP contribution in [0.25, 0.3) is 10.9 Å². The van der Waals surface area contributed by atoms with E-state index in [-0.39, 0.29) is 12.0 Å². The second-order valence-electron chi connectivity index (χ2n) is 7.10. The molecule has 2 aromatic heterocycles. The van der Waals surface area contributed by atoms with Crippen LogP contribution in [0.15, 0.2) is 42.7 Å². The van der Waals surface area contributed by atoms with Crippen molar-refractivity contribution in [3.8, 4) is 5.88 Å². The number of aliphatic carboxylic acids is 1. The van der Waals surface area contributed by atoms with E-state index in [1.807, 2.05) is 18.2 Å². The summed E-state index contributed by atoms with van der Waals surface area (Å²) in [6, 6.07) is 9.06. The summed E-state index contributed by atoms with van der Waals surface area (Å²) in [5.41, 5.74) is 2.13. The third-order valence-electron chi connectivity index (χ3n) is 4.57. The number of carbonyl (C=O) groups is 2. The number of amides is 1. The number of carboxylic acid groups (broad SMARTS) is 1. The normalized spacial score (nSPS) is 16.3. The number of likely N-dealkylation sites (tertiary alicyclic amines) is 1. The number of anilines is 1. The van der Waals surface area contributed by atoms with E-state index in [1.54, 1.807) is 24.5 Å². The van der Waals surface area contributed by atoms with E-state index in [2.05, 4.69) is 32.4 Å². The molecule has 1 fully saturated rings. The van der Waals surface area contributed by atoms with Gasteiger partial charge in [0.1, 0.15) is 6.10 Å². The van der Waals surface area contributed by atoms with Crippen molar-refractivity contribution in [2.75, 3.05) is 25.5 Å². The second kappa shape index (κ2) is 9.64. The topological polar surface area (TPSA) is 120 Å². The number of likely N-dealkylation sites (N-methyl/N-ethyl adjacent to an activating group) is 1. The molecule has 32 heavy (non-hydrogen) atoms. The first-order chi connectivity index (χ1) is 15.1. The molecule has 0 unspecified atom stereocenters. The number of aromatic amines is 1. The number of hydrogen-bond donors (Lipinski definition) is 3. The van der Waals surface area contributed by atoms with Gasteiger partial charge in [-0.25, -0.2) is 9.78 Å². The van der Waals surface area contributed by atoms with Gasteiger partial charge in [0.2, 0.25) is 5.88 Å². The predicted molar refractivity (Wildman–Crippen MR) is 109 cm³/mol. The third kappa shape index (κ3) is 6.17. The van der Waals surface area contributed by atoms with E-state index in [0.29, 0.717) is 17.1 Å². The van der Waals surface area contributed by atoms with Gasteiger partial charge in [-0.2, -0.15) is 18.3 Å². The SMILES string of the molecule is CN1CC[C@@H](Oc2ccc(C(=O)Nc3ccc4[nH]ncc4c3)cn2)C1.O=C(O)C(F)(F)F. The molecule has 0 saturated carbocycles. The summed E-state index contributed by atoms with van der Waals surface area (Å²) in [6.45, 7) is 1.94. The molecule has 12 heteroatoms. The standard InChI is InChI=1S/C18H19N5O2.C2HF3O2/c1-23-7-6-15(11-23)25-17-5-2-12(9-19-17)18(24)21-14-3-4-16-13(8-14)10-20-22-16;3-2(4,5)1(6)7/h2-5,8-10,15H,6-7,11H2,1H3,(H,20,22)(H,21,24);(H,6,7)/t15-;/m1./s1. The predicted octanol–water partition coefficient (Wildman–Crippen LogP) is 2.93. The molecule has 3 heterocycles. The van der Waals surface area contributed by atoms with Gasteiger partial charge in [-0.15, -0.1) is 0 Å². The number of rotatable bonds is 4. The maximum atomic E-state index is 12.4. The van der Waals surface area contributed by atoms with Gasteiger partial charge in [-0.3, -0.25) is 9.89 Å². The molecule has 9 nitrogen and oxygen atoms in total. The average molecular weight is 451 g/mol. The highest BCUT2D eigenvalue weighted by Crippen LogP contribution is 2.19. The van der Waals surface area contributed by atoms with Crippen molar-refractivity contribution in [1.82, 2.24) is 20.1 Å². The van der Waals surface area contributed by atoms with Crippen LogP contribution in [0.2, 0.25) is 0 Å². The number of alkyl halides is 3. The van der Waals surface area contributed by atoms with Crippen molar-refractivity contribution < 1.29 is 32.6 Å². The van der Waals surface area contributed by atoms with Crippen LogP contribution >= 0.6 is 0 Å². The third-order valence-corrected chi connectivity index (χ3v) is 4.57. The Balaban J connectivity index is 0.000000360. The van der Waals surface area contributed by atoms with Crippen LogP contribution in [0.3, 0.4) is 0 Å². The lowest BCUT2D eigenvalue weighted by Gasteiger charge is -2.13. The van der Waals surface area contributed by atoms with Gasteiger partial charge in [0, 0.05) is 36.4 Å². The van der Waals surface area contributed by atoms with Crippen molar-refractivity contribution >= 4 is 28.5 Å². The minimum atomic E-state index is -5.08. The molecule has 3 aromatic rings. The van der Waals surface area contributed by atoms with Crippen LogP contribution in [-0.2, 0) is 4.79 Å². The summed E-state index contributed by atoms with van der Waals surface area (Å²) in [5.74, 6) is -2.41. The molecule has 1 aliphatic rings. The maximum Gasteiger partial charge on any atom is 0.490 e. The molecule has 0 radical (unpaired) electrons. The summed E-state index contributed by atoms with van der Waals surface area (Å²) in [5, 5.41) is 17.8. The number of fused-ring (bicyclic) bond motifs is 1. The fourth-order valence-corrected chi connectivity index (χ4v) is 2.97. The molecule has 1 atom stereocenters. The van der Waals surface area contributed by atoms with Crippen LogP contribution in [0.4, 0.5) is 18.9 Å². The van der Waals surface area contributed by atoms with E-state index in [4.69, 9.17) is 14.6 Å². The minimum absolute atomic E-state index is 0.166. The van der Waals surface area contributed by atoms with Gasteiger partial charge in [0.05, 0.1) is 17.3 Å². The van der Waals surface area contributed by atoms with Crippen LogP contribution in [-0.4, -0.2) is 69.5 Å². The summed E-state index contributed by atoms with van der Waals surface area (Å²) < 4.78 is 37.6. The molecule has 1 amide bonds. The van der Waals surface area contributed by atoms with E-state index in [0.717, 1.165) is 30.4 Å². The molecule has 0 aliphatic carbocycles. The zero-order valence-electron chi connectivity index (χ0n) is 16.9. The van der Waals surface area contributed by atoms with Crippen LogP contribution < -0.4 is 10.1 Å². The van der Waals surface area contributed by atoms with Gasteiger partial charge in [0.25, 0.3) is 5.91 Å². The Bertz CT molecular complexity index is 1080. The Kier molecular flexibility index (Phi) is 6.93. The summed E-state index contributed by atoms with van der Waals surface area (Å²) in [4.78, 5) is 27.7. The van der Waals surface area contributed by atoms with E-state index >= 15 is 0 Å². The Morgan fingerprint density at radius 3 is 2.59 bits per heavy atom. The molecule has 170 valence electrons. The van der Waals surface area contributed by atoms with E-state index < -0.39 is 12.1 Å². The molecule has 1 aromatic carbocycles. The Morgan fingerprint density at radius 1 is 1.25 bits per heavy atom. The Hall–Kier alpha value is -3.67. The summed E-state index contributed by atoms with van der Waals surface area (Å²) in [7, 11) is 2.07. The van der Waals surface area contributed by atoms with Crippen molar-refractivity contribution in [3.05, 3.63) is 48.3 Å². The molecule has 1 aliphatic heterocycles. The number of pyridine rings is 1. The van der Waals surface area contributed by atoms with E-state index in [9.17, 15) is 18.0 Å². The van der Waals surface area contributed by atoms with Gasteiger partial charge < -0.3 is 20.1 Å². The summed E-state index contributed by atoms with van der Waals surface area (Å²) >= 11 is 0. The highest BCUT2D eigenvalue weighted by Gasteiger charge is 2.38. The lowest BCUT2D eigenvalue weighted by atomic mass is 10.2.